The number of unbranched alkanes of at least 4 members (excludes halogenated alkanes) is 1. The summed E-state index contributed by atoms with van der Waals surface area (Å²) in [5.41, 5.74) is 1.08. The standard InChI is InChI=1S/C14H23NO3/c1-5-6-9-15-10-11-7-8-12(16-2)14(18-4)13(11)17-3/h7-8,15H,5-6,9-10H2,1-4H3. The molecule has 102 valence electrons. The van der Waals surface area contributed by atoms with Gasteiger partial charge in [-0.15, -0.1) is 0 Å². The van der Waals surface area contributed by atoms with Gasteiger partial charge >= 0.3 is 0 Å². The number of ether oxygens (including phenoxy) is 3. The molecule has 0 atom stereocenters. The van der Waals surface area contributed by atoms with Crippen LogP contribution in [0.2, 0.25) is 0 Å². The average molecular weight is 253 g/mol. The number of hydrogen-bond donors (Lipinski definition) is 1. The SMILES string of the molecule is CCCCNCc1ccc(OC)c(OC)c1OC. The van der Waals surface area contributed by atoms with Crippen LogP contribution >= 0.6 is 0 Å². The summed E-state index contributed by atoms with van der Waals surface area (Å²) in [5.74, 6) is 2.07. The molecule has 0 spiro atoms. The molecule has 0 amide bonds. The van der Waals surface area contributed by atoms with Crippen molar-refractivity contribution in [1.82, 2.24) is 5.32 Å². The number of hydrogen-bond acceptors (Lipinski definition) is 4. The Balaban J connectivity index is 2.84. The Morgan fingerprint density at radius 3 is 2.28 bits per heavy atom. The van der Waals surface area contributed by atoms with E-state index in [2.05, 4.69) is 12.2 Å². The highest BCUT2D eigenvalue weighted by Crippen LogP contribution is 2.39. The van der Waals surface area contributed by atoms with Crippen LogP contribution in [-0.2, 0) is 6.54 Å². The normalized spacial score (nSPS) is 10.2. The van der Waals surface area contributed by atoms with Crippen molar-refractivity contribution in [2.45, 2.75) is 26.3 Å². The molecule has 4 nitrogen and oxygen atoms in total. The van der Waals surface area contributed by atoms with Crippen LogP contribution in [0.5, 0.6) is 17.2 Å². The van der Waals surface area contributed by atoms with Crippen molar-refractivity contribution in [1.29, 1.82) is 0 Å². The van der Waals surface area contributed by atoms with E-state index in [0.29, 0.717) is 11.5 Å². The van der Waals surface area contributed by atoms with Gasteiger partial charge in [-0.05, 0) is 19.0 Å². The largest absolute Gasteiger partial charge is 0.493 e. The molecule has 0 radical (unpaired) electrons. The Labute approximate surface area is 109 Å². The lowest BCUT2D eigenvalue weighted by atomic mass is 10.1. The fraction of sp³-hybridized carbons (Fsp3) is 0.571. The Bertz CT molecular complexity index is 366. The minimum atomic E-state index is 0.648. The third kappa shape index (κ3) is 3.53. The van der Waals surface area contributed by atoms with Crippen LogP contribution in [0.25, 0.3) is 0 Å². The van der Waals surface area contributed by atoms with E-state index in [-0.39, 0.29) is 0 Å². The van der Waals surface area contributed by atoms with Crippen LogP contribution in [-0.4, -0.2) is 27.9 Å². The van der Waals surface area contributed by atoms with Crippen LogP contribution in [0.4, 0.5) is 0 Å². The van der Waals surface area contributed by atoms with Gasteiger partial charge < -0.3 is 19.5 Å². The highest BCUT2D eigenvalue weighted by Gasteiger charge is 2.15. The quantitative estimate of drug-likeness (QED) is 0.723. The summed E-state index contributed by atoms with van der Waals surface area (Å²) in [5, 5.41) is 3.39. The van der Waals surface area contributed by atoms with Crippen molar-refractivity contribution in [2.24, 2.45) is 0 Å². The summed E-state index contributed by atoms with van der Waals surface area (Å²) in [7, 11) is 4.89. The van der Waals surface area contributed by atoms with Crippen LogP contribution in [0.3, 0.4) is 0 Å². The maximum Gasteiger partial charge on any atom is 0.203 e. The first-order chi connectivity index (χ1) is 8.78. The van der Waals surface area contributed by atoms with Gasteiger partial charge in [0.25, 0.3) is 0 Å². The predicted octanol–water partition coefficient (Wildman–Crippen LogP) is 2.60. The van der Waals surface area contributed by atoms with Crippen LogP contribution in [0, 0.1) is 0 Å². The van der Waals surface area contributed by atoms with E-state index < -0.39 is 0 Å². The van der Waals surface area contributed by atoms with E-state index in [9.17, 15) is 0 Å². The van der Waals surface area contributed by atoms with E-state index in [0.717, 1.165) is 24.4 Å². The van der Waals surface area contributed by atoms with E-state index in [4.69, 9.17) is 14.2 Å². The molecule has 1 aromatic carbocycles. The maximum absolute atomic E-state index is 5.42. The lowest BCUT2D eigenvalue weighted by Gasteiger charge is -2.16. The Hall–Kier alpha value is -1.42. The highest BCUT2D eigenvalue weighted by atomic mass is 16.5. The average Bonchev–Trinajstić information content (AvgIpc) is 2.42. The fourth-order valence-corrected chi connectivity index (χ4v) is 1.83. The molecule has 0 aliphatic heterocycles. The summed E-state index contributed by atoms with van der Waals surface area (Å²) < 4.78 is 16.0. The molecule has 1 N–H and O–H groups in total. The van der Waals surface area contributed by atoms with Gasteiger partial charge in [0.1, 0.15) is 0 Å². The Morgan fingerprint density at radius 1 is 1.00 bits per heavy atom. The molecule has 1 rings (SSSR count). The van der Waals surface area contributed by atoms with Crippen molar-refractivity contribution < 1.29 is 14.2 Å². The lowest BCUT2D eigenvalue weighted by molar-refractivity contribution is 0.321. The zero-order valence-corrected chi connectivity index (χ0v) is 11.7. The number of methoxy groups -OCH3 is 3. The Morgan fingerprint density at radius 2 is 1.72 bits per heavy atom. The summed E-state index contributed by atoms with van der Waals surface area (Å²) in [6.45, 7) is 3.95. The molecule has 0 saturated heterocycles. The summed E-state index contributed by atoms with van der Waals surface area (Å²) >= 11 is 0. The first-order valence-corrected chi connectivity index (χ1v) is 6.27. The summed E-state index contributed by atoms with van der Waals surface area (Å²) in [6, 6.07) is 3.90. The minimum absolute atomic E-state index is 0.648. The van der Waals surface area contributed by atoms with Gasteiger partial charge in [0, 0.05) is 12.1 Å². The predicted molar refractivity (Wildman–Crippen MR) is 72.7 cm³/mol. The van der Waals surface area contributed by atoms with Crippen LogP contribution < -0.4 is 19.5 Å². The lowest BCUT2D eigenvalue weighted by Crippen LogP contribution is -2.15. The van der Waals surface area contributed by atoms with Gasteiger partial charge in [-0.3, -0.25) is 0 Å². The van der Waals surface area contributed by atoms with Crippen LogP contribution in [0.15, 0.2) is 12.1 Å². The topological polar surface area (TPSA) is 39.7 Å². The minimum Gasteiger partial charge on any atom is -0.493 e. The zero-order chi connectivity index (χ0) is 13.4. The number of benzene rings is 1. The third-order valence-electron chi connectivity index (χ3n) is 2.81. The smallest absolute Gasteiger partial charge is 0.203 e. The second-order valence-corrected chi connectivity index (χ2v) is 4.02. The van der Waals surface area contributed by atoms with E-state index >= 15 is 0 Å². The molecule has 0 unspecified atom stereocenters. The molecule has 0 fully saturated rings. The van der Waals surface area contributed by atoms with Crippen molar-refractivity contribution in [3.05, 3.63) is 17.7 Å². The molecular weight excluding hydrogens is 230 g/mol. The molecule has 0 aliphatic rings. The number of rotatable bonds is 8. The molecule has 0 aromatic heterocycles. The van der Waals surface area contributed by atoms with E-state index in [1.807, 2.05) is 12.1 Å². The summed E-state index contributed by atoms with van der Waals surface area (Å²) in [6.07, 6.45) is 2.37. The third-order valence-corrected chi connectivity index (χ3v) is 2.81. The molecule has 0 heterocycles. The Kier molecular flexibility index (Phi) is 6.36. The molecule has 4 heteroatoms. The van der Waals surface area contributed by atoms with E-state index in [1.54, 1.807) is 21.3 Å². The highest BCUT2D eigenvalue weighted by molar-refractivity contribution is 5.55. The van der Waals surface area contributed by atoms with Gasteiger partial charge in [-0.1, -0.05) is 19.4 Å². The van der Waals surface area contributed by atoms with Gasteiger partial charge in [0.15, 0.2) is 11.5 Å². The second kappa shape index (κ2) is 7.82. The van der Waals surface area contributed by atoms with Crippen molar-refractivity contribution in [2.75, 3.05) is 27.9 Å². The number of nitrogens with one attached hydrogen (secondary N) is 1. The molecule has 0 saturated carbocycles. The molecular formula is C14H23NO3. The summed E-state index contributed by atoms with van der Waals surface area (Å²) in [4.78, 5) is 0. The van der Waals surface area contributed by atoms with Crippen LogP contribution in [0.1, 0.15) is 25.3 Å². The first kappa shape index (κ1) is 14.6. The van der Waals surface area contributed by atoms with Crippen molar-refractivity contribution >= 4 is 0 Å². The zero-order valence-electron chi connectivity index (χ0n) is 11.7. The fourth-order valence-electron chi connectivity index (χ4n) is 1.83. The first-order valence-electron chi connectivity index (χ1n) is 6.27. The monoisotopic (exact) mass is 253 g/mol. The van der Waals surface area contributed by atoms with Crippen molar-refractivity contribution in [3.63, 3.8) is 0 Å². The molecule has 0 bridgehead atoms. The van der Waals surface area contributed by atoms with Gasteiger partial charge in [0.2, 0.25) is 5.75 Å². The maximum atomic E-state index is 5.42. The molecule has 0 aliphatic carbocycles. The molecule has 18 heavy (non-hydrogen) atoms. The van der Waals surface area contributed by atoms with Gasteiger partial charge in [-0.25, -0.2) is 0 Å². The van der Waals surface area contributed by atoms with Gasteiger partial charge in [0.05, 0.1) is 21.3 Å². The second-order valence-electron chi connectivity index (χ2n) is 4.02. The van der Waals surface area contributed by atoms with Gasteiger partial charge in [-0.2, -0.15) is 0 Å². The van der Waals surface area contributed by atoms with E-state index in [1.165, 1.54) is 12.8 Å². The molecule has 1 aromatic rings. The van der Waals surface area contributed by atoms with Crippen molar-refractivity contribution in [3.8, 4) is 17.2 Å².